The Balaban J connectivity index is 1.66. The topological polar surface area (TPSA) is 50.4 Å². The molecule has 0 aliphatic rings. The van der Waals surface area contributed by atoms with Crippen LogP contribution in [0.25, 0.3) is 0 Å². The second-order valence-electron chi connectivity index (χ2n) is 5.40. The first kappa shape index (κ1) is 16.5. The molecule has 0 bridgehead atoms. The van der Waals surface area contributed by atoms with Crippen LogP contribution in [0.15, 0.2) is 72.8 Å². The van der Waals surface area contributed by atoms with Gasteiger partial charge < -0.3 is 15.4 Å². The van der Waals surface area contributed by atoms with Crippen LogP contribution < -0.4 is 15.4 Å². The van der Waals surface area contributed by atoms with Crippen molar-refractivity contribution < 1.29 is 13.9 Å². The van der Waals surface area contributed by atoms with Crippen LogP contribution in [0.3, 0.4) is 0 Å². The van der Waals surface area contributed by atoms with Gasteiger partial charge in [-0.05, 0) is 60.7 Å². The number of amides is 1. The molecule has 25 heavy (non-hydrogen) atoms. The van der Waals surface area contributed by atoms with Crippen LogP contribution >= 0.6 is 0 Å². The molecular formula is C20H17FN2O2. The highest BCUT2D eigenvalue weighted by Crippen LogP contribution is 2.20. The van der Waals surface area contributed by atoms with Gasteiger partial charge in [0.05, 0.1) is 7.11 Å². The van der Waals surface area contributed by atoms with Crippen LogP contribution in [0.1, 0.15) is 10.4 Å². The molecule has 0 spiro atoms. The molecule has 0 radical (unpaired) electrons. The van der Waals surface area contributed by atoms with Crippen molar-refractivity contribution >= 4 is 23.0 Å². The number of hydrogen-bond acceptors (Lipinski definition) is 3. The zero-order valence-corrected chi connectivity index (χ0v) is 13.6. The molecule has 0 atom stereocenters. The number of anilines is 3. The highest BCUT2D eigenvalue weighted by molar-refractivity contribution is 6.04. The molecule has 5 heteroatoms. The van der Waals surface area contributed by atoms with Gasteiger partial charge in [0.15, 0.2) is 0 Å². The van der Waals surface area contributed by atoms with E-state index in [0.29, 0.717) is 22.7 Å². The first-order chi connectivity index (χ1) is 12.1. The third-order valence-corrected chi connectivity index (χ3v) is 3.59. The predicted molar refractivity (Wildman–Crippen MR) is 97.1 cm³/mol. The predicted octanol–water partition coefficient (Wildman–Crippen LogP) is 4.83. The lowest BCUT2D eigenvalue weighted by Gasteiger charge is -2.09. The average Bonchev–Trinajstić information content (AvgIpc) is 2.63. The SMILES string of the molecule is COc1cccc(C(=O)Nc2ccc(Nc3cccc(F)c3)cc2)c1. The van der Waals surface area contributed by atoms with Crippen molar-refractivity contribution in [2.24, 2.45) is 0 Å². The number of hydrogen-bond donors (Lipinski definition) is 2. The van der Waals surface area contributed by atoms with Crippen LogP contribution in [0.5, 0.6) is 5.75 Å². The van der Waals surface area contributed by atoms with Gasteiger partial charge in [0.2, 0.25) is 0 Å². The summed E-state index contributed by atoms with van der Waals surface area (Å²) >= 11 is 0. The lowest BCUT2D eigenvalue weighted by molar-refractivity contribution is 0.102. The van der Waals surface area contributed by atoms with Gasteiger partial charge in [0.1, 0.15) is 11.6 Å². The van der Waals surface area contributed by atoms with E-state index in [9.17, 15) is 9.18 Å². The smallest absolute Gasteiger partial charge is 0.255 e. The lowest BCUT2D eigenvalue weighted by Crippen LogP contribution is -2.11. The molecule has 3 aromatic carbocycles. The Morgan fingerprint density at radius 3 is 2.32 bits per heavy atom. The van der Waals surface area contributed by atoms with Gasteiger partial charge in [0.25, 0.3) is 5.91 Å². The standard InChI is InChI=1S/C20H17FN2O2/c1-25-19-7-2-4-14(12-19)20(24)23-17-10-8-16(9-11-17)22-18-6-3-5-15(21)13-18/h2-13,22H,1H3,(H,23,24). The Morgan fingerprint density at radius 2 is 1.60 bits per heavy atom. The molecule has 0 aliphatic heterocycles. The van der Waals surface area contributed by atoms with E-state index in [1.807, 2.05) is 12.1 Å². The van der Waals surface area contributed by atoms with E-state index in [1.54, 1.807) is 55.6 Å². The van der Waals surface area contributed by atoms with Crippen LogP contribution in [0.2, 0.25) is 0 Å². The van der Waals surface area contributed by atoms with Crippen LogP contribution in [-0.2, 0) is 0 Å². The molecule has 0 unspecified atom stereocenters. The van der Waals surface area contributed by atoms with E-state index >= 15 is 0 Å². The van der Waals surface area contributed by atoms with Crippen LogP contribution in [0, 0.1) is 5.82 Å². The third kappa shape index (κ3) is 4.35. The van der Waals surface area contributed by atoms with Gasteiger partial charge in [-0.1, -0.05) is 12.1 Å². The molecule has 2 N–H and O–H groups in total. The van der Waals surface area contributed by atoms with E-state index < -0.39 is 0 Å². The van der Waals surface area contributed by atoms with Gasteiger partial charge in [-0.3, -0.25) is 4.79 Å². The van der Waals surface area contributed by atoms with Gasteiger partial charge in [0, 0.05) is 22.6 Å². The maximum Gasteiger partial charge on any atom is 0.255 e. The van der Waals surface area contributed by atoms with Crippen molar-refractivity contribution in [2.45, 2.75) is 0 Å². The van der Waals surface area contributed by atoms with Gasteiger partial charge in [-0.15, -0.1) is 0 Å². The minimum atomic E-state index is -0.299. The van der Waals surface area contributed by atoms with Crippen molar-refractivity contribution in [3.63, 3.8) is 0 Å². The van der Waals surface area contributed by atoms with Crippen LogP contribution in [-0.4, -0.2) is 13.0 Å². The zero-order valence-electron chi connectivity index (χ0n) is 13.6. The summed E-state index contributed by atoms with van der Waals surface area (Å²) in [4.78, 5) is 12.3. The molecule has 1 amide bonds. The number of methoxy groups -OCH3 is 1. The molecule has 0 aliphatic carbocycles. The second-order valence-corrected chi connectivity index (χ2v) is 5.40. The number of carbonyl (C=O) groups is 1. The van der Waals surface area contributed by atoms with Crippen LogP contribution in [0.4, 0.5) is 21.5 Å². The molecule has 0 heterocycles. The number of ether oxygens (including phenoxy) is 1. The molecule has 4 nitrogen and oxygen atoms in total. The Bertz CT molecular complexity index is 879. The maximum absolute atomic E-state index is 13.2. The Morgan fingerprint density at radius 1 is 0.880 bits per heavy atom. The second kappa shape index (κ2) is 7.49. The first-order valence-electron chi connectivity index (χ1n) is 7.72. The molecule has 0 fully saturated rings. The maximum atomic E-state index is 13.2. The Labute approximate surface area is 145 Å². The summed E-state index contributed by atoms with van der Waals surface area (Å²) in [6.07, 6.45) is 0. The normalized spacial score (nSPS) is 10.2. The van der Waals surface area contributed by atoms with Crippen molar-refractivity contribution in [1.29, 1.82) is 0 Å². The molecule has 3 rings (SSSR count). The van der Waals surface area contributed by atoms with E-state index in [4.69, 9.17) is 4.74 Å². The monoisotopic (exact) mass is 336 g/mol. The summed E-state index contributed by atoms with van der Waals surface area (Å²) in [5.74, 6) is 0.110. The largest absolute Gasteiger partial charge is 0.497 e. The summed E-state index contributed by atoms with van der Waals surface area (Å²) < 4.78 is 18.3. The van der Waals surface area contributed by atoms with E-state index in [0.717, 1.165) is 5.69 Å². The van der Waals surface area contributed by atoms with Crippen molar-refractivity contribution in [3.8, 4) is 5.75 Å². The van der Waals surface area contributed by atoms with Gasteiger partial charge in [-0.2, -0.15) is 0 Å². The molecule has 3 aromatic rings. The Kier molecular flexibility index (Phi) is 4.95. The molecular weight excluding hydrogens is 319 g/mol. The number of benzene rings is 3. The highest BCUT2D eigenvalue weighted by Gasteiger charge is 2.07. The number of halogens is 1. The highest BCUT2D eigenvalue weighted by atomic mass is 19.1. The summed E-state index contributed by atoms with van der Waals surface area (Å²) in [6, 6.07) is 20.3. The molecule has 0 saturated carbocycles. The third-order valence-electron chi connectivity index (χ3n) is 3.59. The zero-order chi connectivity index (χ0) is 17.6. The quantitative estimate of drug-likeness (QED) is 0.701. The van der Waals surface area contributed by atoms with E-state index in [2.05, 4.69) is 10.6 Å². The average molecular weight is 336 g/mol. The van der Waals surface area contributed by atoms with Crippen molar-refractivity contribution in [1.82, 2.24) is 0 Å². The van der Waals surface area contributed by atoms with Crippen molar-refractivity contribution in [3.05, 3.63) is 84.2 Å². The minimum Gasteiger partial charge on any atom is -0.497 e. The summed E-state index contributed by atoms with van der Waals surface area (Å²) in [5.41, 5.74) is 2.64. The van der Waals surface area contributed by atoms with E-state index in [-0.39, 0.29) is 11.7 Å². The number of rotatable bonds is 5. The minimum absolute atomic E-state index is 0.218. The molecule has 0 saturated heterocycles. The molecule has 0 aromatic heterocycles. The number of nitrogens with one attached hydrogen (secondary N) is 2. The van der Waals surface area contributed by atoms with Gasteiger partial charge >= 0.3 is 0 Å². The fourth-order valence-corrected chi connectivity index (χ4v) is 2.34. The summed E-state index contributed by atoms with van der Waals surface area (Å²) in [6.45, 7) is 0. The Hall–Kier alpha value is -3.34. The summed E-state index contributed by atoms with van der Waals surface area (Å²) in [7, 11) is 1.56. The fourth-order valence-electron chi connectivity index (χ4n) is 2.34. The molecule has 126 valence electrons. The summed E-state index contributed by atoms with van der Waals surface area (Å²) in [5, 5.41) is 5.93. The van der Waals surface area contributed by atoms with Gasteiger partial charge in [-0.25, -0.2) is 4.39 Å². The number of carbonyl (C=O) groups excluding carboxylic acids is 1. The van der Waals surface area contributed by atoms with Crippen molar-refractivity contribution in [2.75, 3.05) is 17.7 Å². The van der Waals surface area contributed by atoms with E-state index in [1.165, 1.54) is 12.1 Å². The lowest BCUT2D eigenvalue weighted by atomic mass is 10.2. The fraction of sp³-hybridized carbons (Fsp3) is 0.0500. The first-order valence-corrected chi connectivity index (χ1v) is 7.72.